The highest BCUT2D eigenvalue weighted by atomic mass is 19.4. The number of alkyl halides is 3. The molecule has 2 aromatic carbocycles. The highest BCUT2D eigenvalue weighted by Crippen LogP contribution is 2.44. The number of nitrogens with one attached hydrogen (secondary N) is 1. The molecule has 0 spiro atoms. The van der Waals surface area contributed by atoms with Crippen molar-refractivity contribution in [3.8, 4) is 11.1 Å². The van der Waals surface area contributed by atoms with Gasteiger partial charge >= 0.3 is 18.2 Å². The van der Waals surface area contributed by atoms with Gasteiger partial charge in [0.15, 0.2) is 0 Å². The fourth-order valence-electron chi connectivity index (χ4n) is 4.02. The second-order valence-corrected chi connectivity index (χ2v) is 7.89. The van der Waals surface area contributed by atoms with Crippen molar-refractivity contribution in [3.63, 3.8) is 0 Å². The van der Waals surface area contributed by atoms with Gasteiger partial charge in [-0.25, -0.2) is 4.79 Å². The lowest BCUT2D eigenvalue weighted by Crippen LogP contribution is -2.49. The summed E-state index contributed by atoms with van der Waals surface area (Å²) in [5.41, 5.74) is 3.78. The van der Waals surface area contributed by atoms with Crippen LogP contribution in [-0.4, -0.2) is 59.9 Å². The highest BCUT2D eigenvalue weighted by molar-refractivity contribution is 5.80. The number of hydrogen-bond donors (Lipinski definition) is 2. The number of hydrogen-bond acceptors (Lipinski definition) is 4. The number of amides is 2. The van der Waals surface area contributed by atoms with Gasteiger partial charge in [0, 0.05) is 19.0 Å². The van der Waals surface area contributed by atoms with E-state index in [2.05, 4.69) is 0 Å². The molecule has 2 aromatic rings. The third-order valence-corrected chi connectivity index (χ3v) is 5.74. The quantitative estimate of drug-likeness (QED) is 0.564. The maximum Gasteiger partial charge on any atom is 0.409 e. The number of carbonyl (C=O) groups excluding carboxylic acids is 2. The van der Waals surface area contributed by atoms with Crippen molar-refractivity contribution in [2.45, 2.75) is 37.9 Å². The van der Waals surface area contributed by atoms with Gasteiger partial charge in [0.05, 0.1) is 12.8 Å². The predicted molar refractivity (Wildman–Crippen MR) is 117 cm³/mol. The highest BCUT2D eigenvalue weighted by Gasteiger charge is 2.43. The smallest absolute Gasteiger partial charge is 0.409 e. The molecule has 1 atom stereocenters. The summed E-state index contributed by atoms with van der Waals surface area (Å²) in [6, 6.07) is 12.6. The summed E-state index contributed by atoms with van der Waals surface area (Å²) >= 11 is 0. The van der Waals surface area contributed by atoms with Crippen LogP contribution in [0.1, 0.15) is 36.8 Å². The molecule has 1 aliphatic carbocycles. The van der Waals surface area contributed by atoms with E-state index in [0.29, 0.717) is 0 Å². The second kappa shape index (κ2) is 10.6. The fourth-order valence-corrected chi connectivity index (χ4v) is 4.02. The van der Waals surface area contributed by atoms with E-state index in [4.69, 9.17) is 9.84 Å². The first-order valence-electron chi connectivity index (χ1n) is 10.8. The van der Waals surface area contributed by atoms with E-state index in [1.54, 1.807) is 5.32 Å². The van der Waals surface area contributed by atoms with Crippen LogP contribution in [0.25, 0.3) is 11.1 Å². The Morgan fingerprint density at radius 3 is 2.12 bits per heavy atom. The number of rotatable bonds is 9. The molecule has 0 saturated carbocycles. The van der Waals surface area contributed by atoms with E-state index in [-0.39, 0.29) is 25.6 Å². The third kappa shape index (κ3) is 5.86. The average molecular weight is 478 g/mol. The summed E-state index contributed by atoms with van der Waals surface area (Å²) < 4.78 is 45.7. The van der Waals surface area contributed by atoms with E-state index in [1.807, 2.05) is 48.5 Å². The van der Waals surface area contributed by atoms with Gasteiger partial charge < -0.3 is 20.1 Å². The number of fused-ring (bicyclic) bond motifs is 3. The summed E-state index contributed by atoms with van der Waals surface area (Å²) in [5.74, 6) is -2.41. The van der Waals surface area contributed by atoms with Crippen LogP contribution in [-0.2, 0) is 14.3 Å². The number of halogens is 3. The molecular formula is C24H25F3N2O5. The maximum absolute atomic E-state index is 13.5. The number of ether oxygens (including phenoxy) is 1. The summed E-state index contributed by atoms with van der Waals surface area (Å²) in [6.45, 7) is 1.18. The van der Waals surface area contributed by atoms with Gasteiger partial charge in [0.25, 0.3) is 0 Å². The molecule has 1 aliphatic rings. The number of nitrogens with zero attached hydrogens (tertiary/aromatic N) is 1. The van der Waals surface area contributed by atoms with Crippen LogP contribution in [0.4, 0.5) is 18.0 Å². The maximum atomic E-state index is 13.5. The van der Waals surface area contributed by atoms with E-state index in [9.17, 15) is 27.6 Å². The molecule has 182 valence electrons. The lowest BCUT2D eigenvalue weighted by Gasteiger charge is -2.25. The van der Waals surface area contributed by atoms with Gasteiger partial charge in [-0.05, 0) is 29.2 Å². The van der Waals surface area contributed by atoms with Crippen molar-refractivity contribution < 1.29 is 37.4 Å². The Hall–Kier alpha value is -3.56. The van der Waals surface area contributed by atoms with Crippen LogP contribution >= 0.6 is 0 Å². The molecule has 0 fully saturated rings. The molecule has 0 aromatic heterocycles. The Morgan fingerprint density at radius 2 is 1.62 bits per heavy atom. The lowest BCUT2D eigenvalue weighted by molar-refractivity contribution is -0.163. The third-order valence-electron chi connectivity index (χ3n) is 5.74. The monoisotopic (exact) mass is 478 g/mol. The van der Waals surface area contributed by atoms with Crippen LogP contribution in [0, 0.1) is 0 Å². The first-order valence-corrected chi connectivity index (χ1v) is 10.8. The van der Waals surface area contributed by atoms with Crippen LogP contribution in [0.3, 0.4) is 0 Å². The Bertz CT molecular complexity index is 1010. The SMILES string of the molecule is CCN(CCC(=O)O)C(=O)CC(NC(=O)OCC1c2ccccc2-c2ccccc21)C(F)(F)F. The standard InChI is InChI=1S/C24H25F3N2O5/c1-2-29(12-11-22(31)32)21(30)13-20(24(25,26)27)28-23(33)34-14-19-17-9-5-3-7-15(17)16-8-4-6-10-18(16)19/h3-10,19-20H,2,11-14H2,1H3,(H,28,33)(H,31,32). The number of carboxylic acids is 1. The molecule has 2 N–H and O–H groups in total. The lowest BCUT2D eigenvalue weighted by atomic mass is 9.98. The van der Waals surface area contributed by atoms with Crippen molar-refractivity contribution in [1.82, 2.24) is 10.2 Å². The van der Waals surface area contributed by atoms with Gasteiger partial charge in [-0.2, -0.15) is 13.2 Å². The molecule has 10 heteroatoms. The fraction of sp³-hybridized carbons (Fsp3) is 0.375. The summed E-state index contributed by atoms with van der Waals surface area (Å²) in [6.07, 6.45) is -7.63. The van der Waals surface area contributed by atoms with E-state index < -0.39 is 43.0 Å². The van der Waals surface area contributed by atoms with Crippen LogP contribution in [0.2, 0.25) is 0 Å². The Balaban J connectivity index is 1.65. The average Bonchev–Trinajstić information content (AvgIpc) is 3.10. The first-order chi connectivity index (χ1) is 16.1. The van der Waals surface area contributed by atoms with Gasteiger partial charge in [0.1, 0.15) is 12.6 Å². The van der Waals surface area contributed by atoms with Crippen molar-refractivity contribution in [2.75, 3.05) is 19.7 Å². The first kappa shape index (κ1) is 25.1. The van der Waals surface area contributed by atoms with Crippen LogP contribution in [0.5, 0.6) is 0 Å². The predicted octanol–water partition coefficient (Wildman–Crippen LogP) is 4.17. The molecule has 0 heterocycles. The normalized spacial score (nSPS) is 13.5. The number of aliphatic carboxylic acids is 1. The van der Waals surface area contributed by atoms with Crippen molar-refractivity contribution in [3.05, 3.63) is 59.7 Å². The number of carbonyl (C=O) groups is 3. The van der Waals surface area contributed by atoms with Crippen molar-refractivity contribution in [1.29, 1.82) is 0 Å². The van der Waals surface area contributed by atoms with Crippen molar-refractivity contribution >= 4 is 18.0 Å². The molecule has 7 nitrogen and oxygen atoms in total. The summed E-state index contributed by atoms with van der Waals surface area (Å²) in [7, 11) is 0. The molecule has 0 aliphatic heterocycles. The zero-order chi connectivity index (χ0) is 24.9. The Morgan fingerprint density at radius 1 is 1.06 bits per heavy atom. The molecule has 34 heavy (non-hydrogen) atoms. The van der Waals surface area contributed by atoms with Crippen molar-refractivity contribution in [2.24, 2.45) is 0 Å². The van der Waals surface area contributed by atoms with E-state index in [1.165, 1.54) is 6.92 Å². The van der Waals surface area contributed by atoms with Gasteiger partial charge in [-0.15, -0.1) is 0 Å². The minimum atomic E-state index is -4.90. The van der Waals surface area contributed by atoms with Gasteiger partial charge in [-0.1, -0.05) is 48.5 Å². The number of alkyl carbamates (subject to hydrolysis) is 1. The molecule has 0 saturated heterocycles. The number of benzene rings is 2. The second-order valence-electron chi connectivity index (χ2n) is 7.89. The van der Waals surface area contributed by atoms with Gasteiger partial charge in [0.2, 0.25) is 5.91 Å². The zero-order valence-corrected chi connectivity index (χ0v) is 18.5. The topological polar surface area (TPSA) is 95.9 Å². The molecule has 2 amide bonds. The minimum absolute atomic E-state index is 0.0433. The molecule has 1 unspecified atom stereocenters. The minimum Gasteiger partial charge on any atom is -0.481 e. The number of carboxylic acid groups (broad SMARTS) is 1. The Labute approximate surface area is 194 Å². The zero-order valence-electron chi connectivity index (χ0n) is 18.5. The molecule has 0 radical (unpaired) electrons. The summed E-state index contributed by atoms with van der Waals surface area (Å²) in [4.78, 5) is 36.3. The van der Waals surface area contributed by atoms with E-state index >= 15 is 0 Å². The molecular weight excluding hydrogens is 453 g/mol. The van der Waals surface area contributed by atoms with Crippen LogP contribution < -0.4 is 5.32 Å². The Kier molecular flexibility index (Phi) is 7.80. The van der Waals surface area contributed by atoms with Crippen LogP contribution in [0.15, 0.2) is 48.5 Å². The van der Waals surface area contributed by atoms with Gasteiger partial charge in [-0.3, -0.25) is 9.59 Å². The molecule has 3 rings (SSSR count). The molecule has 0 bridgehead atoms. The van der Waals surface area contributed by atoms with E-state index in [0.717, 1.165) is 27.2 Å². The summed E-state index contributed by atoms with van der Waals surface area (Å²) in [5, 5.41) is 10.5. The largest absolute Gasteiger partial charge is 0.481 e.